The summed E-state index contributed by atoms with van der Waals surface area (Å²) in [5.41, 5.74) is 2.15. The lowest BCUT2D eigenvalue weighted by Crippen LogP contribution is -2.12. The maximum absolute atomic E-state index is 12.5. The number of ether oxygens (including phenoxy) is 1. The van der Waals surface area contributed by atoms with E-state index in [1.54, 1.807) is 19.2 Å². The summed E-state index contributed by atoms with van der Waals surface area (Å²) >= 11 is 3.41. The first-order valence-corrected chi connectivity index (χ1v) is 7.52. The molecule has 1 heterocycles. The van der Waals surface area contributed by atoms with E-state index in [2.05, 4.69) is 21.2 Å². The predicted octanol–water partition coefficient (Wildman–Crippen LogP) is 4.76. The van der Waals surface area contributed by atoms with Crippen LogP contribution in [-0.4, -0.2) is 13.0 Å². The molecule has 112 valence electrons. The highest BCUT2D eigenvalue weighted by Gasteiger charge is 2.18. The van der Waals surface area contributed by atoms with E-state index in [1.807, 2.05) is 37.3 Å². The van der Waals surface area contributed by atoms with Crippen LogP contribution in [0.25, 0.3) is 11.0 Å². The number of para-hydroxylation sites is 1. The number of hydrogen-bond donors (Lipinski definition) is 1. The Morgan fingerprint density at radius 3 is 2.73 bits per heavy atom. The summed E-state index contributed by atoms with van der Waals surface area (Å²) in [6, 6.07) is 12.9. The molecule has 1 amide bonds. The quantitative estimate of drug-likeness (QED) is 0.732. The maximum atomic E-state index is 12.5. The molecule has 5 heteroatoms. The molecule has 0 aliphatic heterocycles. The van der Waals surface area contributed by atoms with Gasteiger partial charge in [-0.05, 0) is 53.2 Å². The molecule has 1 aromatic heterocycles. The van der Waals surface area contributed by atoms with Crippen LogP contribution in [0, 0.1) is 6.92 Å². The Balaban J connectivity index is 1.97. The molecule has 0 bridgehead atoms. The second-order valence-corrected chi connectivity index (χ2v) is 5.71. The first kappa shape index (κ1) is 14.7. The third-order valence-electron chi connectivity index (χ3n) is 3.47. The molecule has 0 saturated carbocycles. The maximum Gasteiger partial charge on any atom is 0.291 e. The van der Waals surface area contributed by atoms with E-state index in [0.717, 1.165) is 21.2 Å². The Morgan fingerprint density at radius 1 is 1.23 bits per heavy atom. The van der Waals surface area contributed by atoms with Crippen molar-refractivity contribution in [1.82, 2.24) is 0 Å². The summed E-state index contributed by atoms with van der Waals surface area (Å²) in [6.07, 6.45) is 0. The first-order chi connectivity index (χ1) is 10.6. The van der Waals surface area contributed by atoms with Gasteiger partial charge in [0.2, 0.25) is 0 Å². The predicted molar refractivity (Wildman–Crippen MR) is 89.6 cm³/mol. The van der Waals surface area contributed by atoms with Crippen molar-refractivity contribution in [2.75, 3.05) is 12.4 Å². The number of nitrogens with one attached hydrogen (secondary N) is 1. The van der Waals surface area contributed by atoms with E-state index in [0.29, 0.717) is 17.0 Å². The van der Waals surface area contributed by atoms with Gasteiger partial charge in [-0.2, -0.15) is 0 Å². The van der Waals surface area contributed by atoms with Crippen molar-refractivity contribution in [1.29, 1.82) is 0 Å². The summed E-state index contributed by atoms with van der Waals surface area (Å²) in [7, 11) is 1.61. The summed E-state index contributed by atoms with van der Waals surface area (Å²) < 4.78 is 11.7. The Bertz CT molecular complexity index is 854. The fraction of sp³-hybridized carbons (Fsp3) is 0.118. The molecule has 2 aromatic carbocycles. The van der Waals surface area contributed by atoms with Gasteiger partial charge in [-0.25, -0.2) is 0 Å². The monoisotopic (exact) mass is 359 g/mol. The molecular formula is C17H14BrNO3. The lowest BCUT2D eigenvalue weighted by Gasteiger charge is -2.05. The molecule has 0 saturated heterocycles. The zero-order chi connectivity index (χ0) is 15.7. The third kappa shape index (κ3) is 2.60. The number of furan rings is 1. The number of methoxy groups -OCH3 is 1. The molecule has 0 atom stereocenters. The lowest BCUT2D eigenvalue weighted by molar-refractivity contribution is 0.0998. The van der Waals surface area contributed by atoms with Crippen molar-refractivity contribution in [3.8, 4) is 5.75 Å². The van der Waals surface area contributed by atoms with Crippen molar-refractivity contribution in [2.24, 2.45) is 0 Å². The Kier molecular flexibility index (Phi) is 3.90. The van der Waals surface area contributed by atoms with Crippen LogP contribution in [0.1, 0.15) is 16.1 Å². The molecule has 4 nitrogen and oxygen atoms in total. The van der Waals surface area contributed by atoms with E-state index in [-0.39, 0.29) is 5.91 Å². The number of hydrogen-bond acceptors (Lipinski definition) is 3. The average Bonchev–Trinajstić information content (AvgIpc) is 2.86. The number of benzene rings is 2. The minimum Gasteiger partial charge on any atom is -0.497 e. The van der Waals surface area contributed by atoms with Gasteiger partial charge in [0.1, 0.15) is 11.3 Å². The molecule has 3 rings (SSSR count). The number of halogens is 1. The van der Waals surface area contributed by atoms with Gasteiger partial charge in [0, 0.05) is 15.4 Å². The van der Waals surface area contributed by atoms with Gasteiger partial charge in [-0.3, -0.25) is 4.79 Å². The SMILES string of the molecule is COc1ccc2oc(C(=O)Nc3ccccc3Br)c(C)c2c1. The highest BCUT2D eigenvalue weighted by Crippen LogP contribution is 2.30. The summed E-state index contributed by atoms with van der Waals surface area (Å²) in [4.78, 5) is 12.5. The largest absolute Gasteiger partial charge is 0.497 e. The highest BCUT2D eigenvalue weighted by atomic mass is 79.9. The molecule has 0 aliphatic rings. The first-order valence-electron chi connectivity index (χ1n) is 6.73. The number of fused-ring (bicyclic) bond motifs is 1. The average molecular weight is 360 g/mol. The molecule has 22 heavy (non-hydrogen) atoms. The molecule has 3 aromatic rings. The molecule has 0 radical (unpaired) electrons. The van der Waals surface area contributed by atoms with Crippen molar-refractivity contribution >= 4 is 38.5 Å². The van der Waals surface area contributed by atoms with E-state index in [9.17, 15) is 4.79 Å². The van der Waals surface area contributed by atoms with Crippen LogP contribution < -0.4 is 10.1 Å². The zero-order valence-corrected chi connectivity index (χ0v) is 13.7. The fourth-order valence-electron chi connectivity index (χ4n) is 2.29. The molecular weight excluding hydrogens is 346 g/mol. The lowest BCUT2D eigenvalue weighted by atomic mass is 10.1. The van der Waals surface area contributed by atoms with Crippen molar-refractivity contribution < 1.29 is 13.9 Å². The third-order valence-corrected chi connectivity index (χ3v) is 4.16. The second kappa shape index (κ2) is 5.85. The number of amides is 1. The van der Waals surface area contributed by atoms with Crippen molar-refractivity contribution in [2.45, 2.75) is 6.92 Å². The van der Waals surface area contributed by atoms with Gasteiger partial charge in [0.15, 0.2) is 5.76 Å². The van der Waals surface area contributed by atoms with Crippen molar-refractivity contribution in [3.63, 3.8) is 0 Å². The van der Waals surface area contributed by atoms with E-state index in [1.165, 1.54) is 0 Å². The van der Waals surface area contributed by atoms with Gasteiger partial charge < -0.3 is 14.5 Å². The second-order valence-electron chi connectivity index (χ2n) is 4.85. The number of rotatable bonds is 3. The normalized spacial score (nSPS) is 10.7. The van der Waals surface area contributed by atoms with Crippen LogP contribution in [-0.2, 0) is 0 Å². The van der Waals surface area contributed by atoms with Gasteiger partial charge >= 0.3 is 0 Å². The fourth-order valence-corrected chi connectivity index (χ4v) is 2.67. The smallest absolute Gasteiger partial charge is 0.291 e. The van der Waals surface area contributed by atoms with Crippen LogP contribution in [0.5, 0.6) is 5.75 Å². The Hall–Kier alpha value is -2.27. The molecule has 0 spiro atoms. The molecule has 0 fully saturated rings. The standard InChI is InChI=1S/C17H14BrNO3/c1-10-12-9-11(21-2)7-8-15(12)22-16(10)17(20)19-14-6-4-3-5-13(14)18/h3-9H,1-2H3,(H,19,20). The van der Waals surface area contributed by atoms with Crippen LogP contribution in [0.2, 0.25) is 0 Å². The van der Waals surface area contributed by atoms with Crippen LogP contribution >= 0.6 is 15.9 Å². The Morgan fingerprint density at radius 2 is 2.00 bits per heavy atom. The van der Waals surface area contributed by atoms with E-state index in [4.69, 9.17) is 9.15 Å². The highest BCUT2D eigenvalue weighted by molar-refractivity contribution is 9.10. The number of aryl methyl sites for hydroxylation is 1. The summed E-state index contributed by atoms with van der Waals surface area (Å²) in [6.45, 7) is 1.86. The minimum absolute atomic E-state index is 0.278. The number of carbonyl (C=O) groups excluding carboxylic acids is 1. The summed E-state index contributed by atoms with van der Waals surface area (Å²) in [5, 5.41) is 3.72. The summed E-state index contributed by atoms with van der Waals surface area (Å²) in [5.74, 6) is 0.757. The van der Waals surface area contributed by atoms with E-state index >= 15 is 0 Å². The van der Waals surface area contributed by atoms with Gasteiger partial charge in [0.05, 0.1) is 12.8 Å². The topological polar surface area (TPSA) is 51.5 Å². The van der Waals surface area contributed by atoms with Gasteiger partial charge in [-0.1, -0.05) is 12.1 Å². The zero-order valence-electron chi connectivity index (χ0n) is 12.1. The van der Waals surface area contributed by atoms with Gasteiger partial charge in [0.25, 0.3) is 5.91 Å². The molecule has 0 aliphatic carbocycles. The molecule has 0 unspecified atom stereocenters. The van der Waals surface area contributed by atoms with Crippen molar-refractivity contribution in [3.05, 3.63) is 58.3 Å². The minimum atomic E-state index is -0.278. The number of carbonyl (C=O) groups is 1. The number of anilines is 1. The van der Waals surface area contributed by atoms with Gasteiger partial charge in [-0.15, -0.1) is 0 Å². The van der Waals surface area contributed by atoms with E-state index < -0.39 is 0 Å². The van der Waals surface area contributed by atoms with Crippen LogP contribution in [0.15, 0.2) is 51.4 Å². The van der Waals surface area contributed by atoms with Crippen LogP contribution in [0.3, 0.4) is 0 Å². The Labute approximate surface area is 136 Å². The van der Waals surface area contributed by atoms with Crippen LogP contribution in [0.4, 0.5) is 5.69 Å². The molecule has 1 N–H and O–H groups in total.